The summed E-state index contributed by atoms with van der Waals surface area (Å²) >= 11 is 0. The average Bonchev–Trinajstić information content (AvgIpc) is 2.27. The Labute approximate surface area is 105 Å². The molecule has 0 aliphatic rings. The minimum atomic E-state index is 0.634. The smallest absolute Gasteiger partial charge is 0.0489 e. The van der Waals surface area contributed by atoms with E-state index in [4.69, 9.17) is 4.74 Å². The number of ether oxygens (including phenoxy) is 1. The Hall–Kier alpha value is -0.860. The SMILES string of the molecule is Cc1cccc(CNCCCOCC(C)C)c1. The van der Waals surface area contributed by atoms with Crippen LogP contribution in [-0.2, 0) is 11.3 Å². The quantitative estimate of drug-likeness (QED) is 0.699. The molecule has 0 spiro atoms. The van der Waals surface area contributed by atoms with Gasteiger partial charge in [0, 0.05) is 19.8 Å². The largest absolute Gasteiger partial charge is 0.381 e. The number of hydrogen-bond donors (Lipinski definition) is 1. The summed E-state index contributed by atoms with van der Waals surface area (Å²) in [6, 6.07) is 8.62. The molecule has 2 nitrogen and oxygen atoms in total. The van der Waals surface area contributed by atoms with Crippen LogP contribution in [0.2, 0.25) is 0 Å². The van der Waals surface area contributed by atoms with Gasteiger partial charge in [0.1, 0.15) is 0 Å². The van der Waals surface area contributed by atoms with E-state index in [0.717, 1.165) is 32.7 Å². The van der Waals surface area contributed by atoms with Gasteiger partial charge < -0.3 is 10.1 Å². The number of rotatable bonds is 8. The summed E-state index contributed by atoms with van der Waals surface area (Å²) in [5.41, 5.74) is 2.68. The lowest BCUT2D eigenvalue weighted by molar-refractivity contribution is 0.108. The molecule has 1 rings (SSSR count). The molecule has 0 heterocycles. The Balaban J connectivity index is 2.01. The van der Waals surface area contributed by atoms with Gasteiger partial charge in [0.05, 0.1) is 0 Å². The first-order valence-electron chi connectivity index (χ1n) is 6.52. The molecule has 0 unspecified atom stereocenters. The molecule has 0 aliphatic heterocycles. The first kappa shape index (κ1) is 14.2. The normalized spacial score (nSPS) is 11.1. The Morgan fingerprint density at radius 1 is 1.29 bits per heavy atom. The lowest BCUT2D eigenvalue weighted by Crippen LogP contribution is -2.17. The van der Waals surface area contributed by atoms with Gasteiger partial charge in [-0.05, 0) is 31.4 Å². The molecule has 0 bridgehead atoms. The summed E-state index contributed by atoms with van der Waals surface area (Å²) in [5.74, 6) is 0.634. The third-order valence-electron chi connectivity index (χ3n) is 2.51. The molecule has 0 atom stereocenters. The van der Waals surface area contributed by atoms with E-state index >= 15 is 0 Å². The molecule has 17 heavy (non-hydrogen) atoms. The fraction of sp³-hybridized carbons (Fsp3) is 0.600. The van der Waals surface area contributed by atoms with Crippen molar-refractivity contribution in [1.29, 1.82) is 0 Å². The van der Waals surface area contributed by atoms with Crippen LogP contribution in [0.5, 0.6) is 0 Å². The minimum Gasteiger partial charge on any atom is -0.381 e. The van der Waals surface area contributed by atoms with Gasteiger partial charge in [0.25, 0.3) is 0 Å². The Kier molecular flexibility index (Phi) is 6.90. The summed E-state index contributed by atoms with van der Waals surface area (Å²) < 4.78 is 5.53. The predicted octanol–water partition coefficient (Wildman–Crippen LogP) is 3.15. The second-order valence-corrected chi connectivity index (χ2v) is 4.99. The van der Waals surface area contributed by atoms with E-state index in [0.29, 0.717) is 5.92 Å². The van der Waals surface area contributed by atoms with Gasteiger partial charge in [0.15, 0.2) is 0 Å². The highest BCUT2D eigenvalue weighted by atomic mass is 16.5. The minimum absolute atomic E-state index is 0.634. The molecule has 0 aromatic heterocycles. The second kappa shape index (κ2) is 8.26. The maximum atomic E-state index is 5.53. The summed E-state index contributed by atoms with van der Waals surface area (Å²) in [6.45, 7) is 10.2. The van der Waals surface area contributed by atoms with Crippen molar-refractivity contribution in [2.45, 2.75) is 33.7 Å². The maximum Gasteiger partial charge on any atom is 0.0489 e. The van der Waals surface area contributed by atoms with E-state index < -0.39 is 0 Å². The highest BCUT2D eigenvalue weighted by molar-refractivity contribution is 5.21. The van der Waals surface area contributed by atoms with Crippen LogP contribution < -0.4 is 5.32 Å². The van der Waals surface area contributed by atoms with Crippen LogP contribution in [0.25, 0.3) is 0 Å². The standard InChI is InChI=1S/C15H25NO/c1-13(2)12-17-9-5-8-16-11-15-7-4-6-14(3)10-15/h4,6-7,10,13,16H,5,8-9,11-12H2,1-3H3. The van der Waals surface area contributed by atoms with E-state index in [-0.39, 0.29) is 0 Å². The number of hydrogen-bond acceptors (Lipinski definition) is 2. The Morgan fingerprint density at radius 2 is 2.12 bits per heavy atom. The van der Waals surface area contributed by atoms with Crippen molar-refractivity contribution in [3.05, 3.63) is 35.4 Å². The molecule has 96 valence electrons. The van der Waals surface area contributed by atoms with Crippen molar-refractivity contribution in [3.63, 3.8) is 0 Å². The molecule has 0 amide bonds. The number of benzene rings is 1. The van der Waals surface area contributed by atoms with Crippen molar-refractivity contribution in [2.75, 3.05) is 19.8 Å². The molecule has 1 N–H and O–H groups in total. The zero-order valence-corrected chi connectivity index (χ0v) is 11.3. The van der Waals surface area contributed by atoms with Crippen LogP contribution in [0.1, 0.15) is 31.4 Å². The van der Waals surface area contributed by atoms with E-state index in [1.807, 2.05) is 0 Å². The summed E-state index contributed by atoms with van der Waals surface area (Å²) in [6.07, 6.45) is 1.08. The molecule has 0 aliphatic carbocycles. The third kappa shape index (κ3) is 7.14. The molecule has 2 heteroatoms. The first-order valence-corrected chi connectivity index (χ1v) is 6.52. The summed E-state index contributed by atoms with van der Waals surface area (Å²) in [4.78, 5) is 0. The monoisotopic (exact) mass is 235 g/mol. The highest BCUT2D eigenvalue weighted by Gasteiger charge is 1.95. The van der Waals surface area contributed by atoms with E-state index in [1.165, 1.54) is 11.1 Å². The molecule has 0 fully saturated rings. The number of aryl methyl sites for hydroxylation is 1. The summed E-state index contributed by atoms with van der Waals surface area (Å²) in [7, 11) is 0. The topological polar surface area (TPSA) is 21.3 Å². The van der Waals surface area contributed by atoms with Gasteiger partial charge in [-0.3, -0.25) is 0 Å². The van der Waals surface area contributed by atoms with Crippen molar-refractivity contribution < 1.29 is 4.74 Å². The van der Waals surface area contributed by atoms with Crippen LogP contribution in [0, 0.1) is 12.8 Å². The van der Waals surface area contributed by atoms with Crippen LogP contribution >= 0.6 is 0 Å². The van der Waals surface area contributed by atoms with Crippen LogP contribution in [-0.4, -0.2) is 19.8 Å². The predicted molar refractivity (Wildman–Crippen MR) is 73.2 cm³/mol. The highest BCUT2D eigenvalue weighted by Crippen LogP contribution is 2.03. The third-order valence-corrected chi connectivity index (χ3v) is 2.51. The molecule has 0 saturated heterocycles. The van der Waals surface area contributed by atoms with Gasteiger partial charge >= 0.3 is 0 Å². The summed E-state index contributed by atoms with van der Waals surface area (Å²) in [5, 5.41) is 3.44. The van der Waals surface area contributed by atoms with Gasteiger partial charge in [-0.25, -0.2) is 0 Å². The Morgan fingerprint density at radius 3 is 2.82 bits per heavy atom. The fourth-order valence-corrected chi connectivity index (χ4v) is 1.67. The van der Waals surface area contributed by atoms with Crippen molar-refractivity contribution in [2.24, 2.45) is 5.92 Å². The van der Waals surface area contributed by atoms with E-state index in [2.05, 4.69) is 50.4 Å². The first-order chi connectivity index (χ1) is 8.18. The molecule has 1 aromatic carbocycles. The maximum absolute atomic E-state index is 5.53. The van der Waals surface area contributed by atoms with Gasteiger partial charge in [0.2, 0.25) is 0 Å². The van der Waals surface area contributed by atoms with Crippen molar-refractivity contribution in [1.82, 2.24) is 5.32 Å². The zero-order valence-electron chi connectivity index (χ0n) is 11.3. The van der Waals surface area contributed by atoms with Crippen molar-refractivity contribution in [3.8, 4) is 0 Å². The number of nitrogens with one attached hydrogen (secondary N) is 1. The van der Waals surface area contributed by atoms with Crippen LogP contribution in [0.4, 0.5) is 0 Å². The molecule has 0 radical (unpaired) electrons. The zero-order chi connectivity index (χ0) is 12.5. The van der Waals surface area contributed by atoms with Crippen LogP contribution in [0.15, 0.2) is 24.3 Å². The van der Waals surface area contributed by atoms with Crippen molar-refractivity contribution >= 4 is 0 Å². The van der Waals surface area contributed by atoms with E-state index in [1.54, 1.807) is 0 Å². The fourth-order valence-electron chi connectivity index (χ4n) is 1.67. The van der Waals surface area contributed by atoms with Crippen LogP contribution in [0.3, 0.4) is 0 Å². The lowest BCUT2D eigenvalue weighted by Gasteiger charge is -2.08. The lowest BCUT2D eigenvalue weighted by atomic mass is 10.1. The van der Waals surface area contributed by atoms with Gasteiger partial charge in [-0.1, -0.05) is 43.7 Å². The van der Waals surface area contributed by atoms with E-state index in [9.17, 15) is 0 Å². The average molecular weight is 235 g/mol. The molecular formula is C15H25NO. The Bertz CT molecular complexity index is 310. The van der Waals surface area contributed by atoms with Gasteiger partial charge in [-0.2, -0.15) is 0 Å². The molecular weight excluding hydrogens is 210 g/mol. The van der Waals surface area contributed by atoms with Gasteiger partial charge in [-0.15, -0.1) is 0 Å². The molecule has 1 aromatic rings. The second-order valence-electron chi connectivity index (χ2n) is 4.99. The molecule has 0 saturated carbocycles.